The molecular formula is C14H23N7O10. The molecule has 31 heavy (non-hydrogen) atoms. The molecule has 3 amide bonds. The maximum atomic E-state index is 11.8. The van der Waals surface area contributed by atoms with E-state index in [4.69, 9.17) is 5.73 Å². The number of hydrogen-bond acceptors (Lipinski definition) is 11. The van der Waals surface area contributed by atoms with E-state index in [0.717, 1.165) is 0 Å². The molecule has 1 atom stereocenters. The highest BCUT2D eigenvalue weighted by molar-refractivity contribution is 5.96. The predicted octanol–water partition coefficient (Wildman–Crippen LogP) is -1.05. The van der Waals surface area contributed by atoms with E-state index in [1.54, 1.807) is 0 Å². The van der Waals surface area contributed by atoms with Gasteiger partial charge in [0.15, 0.2) is 5.96 Å². The Morgan fingerprint density at radius 3 is 2.03 bits per heavy atom. The highest BCUT2D eigenvalue weighted by Gasteiger charge is 2.21. The van der Waals surface area contributed by atoms with Crippen LogP contribution in [0.5, 0.6) is 0 Å². The maximum Gasteiger partial charge on any atom is 0.308 e. The van der Waals surface area contributed by atoms with Crippen molar-refractivity contribution in [2.24, 2.45) is 15.9 Å². The van der Waals surface area contributed by atoms with E-state index in [1.807, 2.05) is 0 Å². The summed E-state index contributed by atoms with van der Waals surface area (Å²) in [4.78, 5) is 77.2. The van der Waals surface area contributed by atoms with E-state index in [1.165, 1.54) is 0 Å². The van der Waals surface area contributed by atoms with Crippen molar-refractivity contribution in [2.45, 2.75) is 44.6 Å². The summed E-state index contributed by atoms with van der Waals surface area (Å²) in [7, 11) is 0. The summed E-state index contributed by atoms with van der Waals surface area (Å²) >= 11 is 0. The van der Waals surface area contributed by atoms with Crippen LogP contribution in [0.3, 0.4) is 0 Å². The Balaban J connectivity index is 4.28. The molecule has 0 saturated heterocycles. The second kappa shape index (κ2) is 15.9. The van der Waals surface area contributed by atoms with Crippen molar-refractivity contribution in [1.29, 1.82) is 0 Å². The third kappa shape index (κ3) is 15.7. The largest absolute Gasteiger partial charge is 0.370 e. The molecule has 4 N–H and O–H groups in total. The minimum Gasteiger partial charge on any atom is -0.370 e. The summed E-state index contributed by atoms with van der Waals surface area (Å²) in [5.41, 5.74) is 5.51. The SMILES string of the molecule is NC(=NCCCC(NC(=O)CCCO[N+](=O)[O-])C(=O)N=O)NC(=O)CCCO[N+](=O)[O-]. The van der Waals surface area contributed by atoms with Crippen LogP contribution in [0.15, 0.2) is 10.2 Å². The highest BCUT2D eigenvalue weighted by atomic mass is 17.0. The van der Waals surface area contributed by atoms with E-state index < -0.39 is 33.9 Å². The lowest BCUT2D eigenvalue weighted by Crippen LogP contribution is -2.40. The lowest BCUT2D eigenvalue weighted by molar-refractivity contribution is -0.757. The van der Waals surface area contributed by atoms with Gasteiger partial charge in [-0.05, 0) is 25.7 Å². The number of guanidine groups is 1. The minimum atomic E-state index is -1.20. The van der Waals surface area contributed by atoms with Gasteiger partial charge in [-0.3, -0.25) is 24.7 Å². The molecule has 0 fully saturated rings. The summed E-state index contributed by atoms with van der Waals surface area (Å²) < 4.78 is 0. The number of hydrogen-bond donors (Lipinski definition) is 3. The van der Waals surface area contributed by atoms with Gasteiger partial charge in [0.2, 0.25) is 11.8 Å². The fraction of sp³-hybridized carbons (Fsp3) is 0.714. The molecule has 0 aromatic carbocycles. The van der Waals surface area contributed by atoms with Crippen LogP contribution in [0.1, 0.15) is 38.5 Å². The first-order valence-corrected chi connectivity index (χ1v) is 8.96. The van der Waals surface area contributed by atoms with Gasteiger partial charge in [0.25, 0.3) is 10.2 Å². The van der Waals surface area contributed by atoms with Crippen LogP contribution in [-0.4, -0.2) is 59.7 Å². The number of rotatable bonds is 16. The van der Waals surface area contributed by atoms with E-state index in [0.29, 0.717) is 0 Å². The highest BCUT2D eigenvalue weighted by Crippen LogP contribution is 2.02. The van der Waals surface area contributed by atoms with Gasteiger partial charge < -0.3 is 20.7 Å². The van der Waals surface area contributed by atoms with Crippen LogP contribution < -0.4 is 16.4 Å². The maximum absolute atomic E-state index is 11.8. The Hall–Kier alpha value is -3.92. The molecule has 0 aromatic heterocycles. The molecule has 0 bridgehead atoms. The Kier molecular flexibility index (Phi) is 13.9. The number of nitroso groups, excluding NO2 is 1. The second-order valence-electron chi connectivity index (χ2n) is 5.83. The fourth-order valence-corrected chi connectivity index (χ4v) is 2.07. The molecule has 0 rings (SSSR count). The topological polar surface area (TPSA) is 248 Å². The Labute approximate surface area is 174 Å². The minimum absolute atomic E-state index is 0.00463. The van der Waals surface area contributed by atoms with Gasteiger partial charge in [-0.15, -0.1) is 25.1 Å². The lowest BCUT2D eigenvalue weighted by Gasteiger charge is -2.13. The first-order valence-electron chi connectivity index (χ1n) is 8.96. The van der Waals surface area contributed by atoms with Crippen LogP contribution in [-0.2, 0) is 24.1 Å². The second-order valence-corrected chi connectivity index (χ2v) is 5.83. The van der Waals surface area contributed by atoms with E-state index in [9.17, 15) is 39.5 Å². The predicted molar refractivity (Wildman–Crippen MR) is 101 cm³/mol. The Morgan fingerprint density at radius 1 is 0.968 bits per heavy atom. The van der Waals surface area contributed by atoms with Crippen molar-refractivity contribution in [2.75, 3.05) is 19.8 Å². The zero-order valence-corrected chi connectivity index (χ0v) is 16.4. The van der Waals surface area contributed by atoms with Gasteiger partial charge in [-0.25, -0.2) is 0 Å². The smallest absolute Gasteiger partial charge is 0.308 e. The number of aliphatic imine (C=N–C) groups is 1. The number of nitrogens with zero attached hydrogens (tertiary/aromatic N) is 4. The molecule has 17 heteroatoms. The average molecular weight is 449 g/mol. The van der Waals surface area contributed by atoms with Crippen molar-refractivity contribution in [3.05, 3.63) is 25.1 Å². The van der Waals surface area contributed by atoms with Gasteiger partial charge in [0.1, 0.15) is 6.04 Å². The normalized spacial score (nSPS) is 11.7. The molecule has 1 unspecified atom stereocenters. The molecule has 0 aliphatic heterocycles. The molecule has 0 aliphatic rings. The van der Waals surface area contributed by atoms with Crippen LogP contribution in [0, 0.1) is 25.1 Å². The molecule has 0 saturated carbocycles. The molecular weight excluding hydrogens is 426 g/mol. The fourth-order valence-electron chi connectivity index (χ4n) is 2.07. The third-order valence-corrected chi connectivity index (χ3v) is 3.41. The Morgan fingerprint density at radius 2 is 1.52 bits per heavy atom. The number of nitrogens with two attached hydrogens (primary N) is 1. The van der Waals surface area contributed by atoms with Crippen LogP contribution in [0.2, 0.25) is 0 Å². The third-order valence-electron chi connectivity index (χ3n) is 3.41. The van der Waals surface area contributed by atoms with Gasteiger partial charge >= 0.3 is 5.91 Å². The van der Waals surface area contributed by atoms with Crippen molar-refractivity contribution in [3.8, 4) is 0 Å². The number of carbonyl (C=O) groups is 3. The van der Waals surface area contributed by atoms with Crippen LogP contribution in [0.25, 0.3) is 0 Å². The molecule has 17 nitrogen and oxygen atoms in total. The summed E-state index contributed by atoms with van der Waals surface area (Å²) in [6, 6.07) is -1.20. The summed E-state index contributed by atoms with van der Waals surface area (Å²) in [5, 5.41) is 24.8. The van der Waals surface area contributed by atoms with E-state index in [-0.39, 0.29) is 64.2 Å². The molecule has 174 valence electrons. The number of carbonyl (C=O) groups excluding carboxylic acids is 3. The zero-order valence-electron chi connectivity index (χ0n) is 16.4. The number of amides is 3. The molecule has 0 aliphatic carbocycles. The van der Waals surface area contributed by atoms with Crippen LogP contribution in [0.4, 0.5) is 0 Å². The van der Waals surface area contributed by atoms with Crippen molar-refractivity contribution >= 4 is 23.7 Å². The summed E-state index contributed by atoms with van der Waals surface area (Å²) in [6.07, 6.45) is 0.0839. The Bertz CT molecular complexity index is 684. The molecule has 0 aromatic rings. The van der Waals surface area contributed by atoms with E-state index in [2.05, 4.69) is 30.5 Å². The summed E-state index contributed by atoms with van der Waals surface area (Å²) in [6.45, 7) is -0.495. The number of nitrogens with one attached hydrogen (secondary N) is 2. The average Bonchev–Trinajstić information content (AvgIpc) is 2.69. The van der Waals surface area contributed by atoms with Crippen LogP contribution >= 0.6 is 0 Å². The first-order chi connectivity index (χ1) is 14.6. The first kappa shape index (κ1) is 27.1. The van der Waals surface area contributed by atoms with Crippen molar-refractivity contribution in [3.63, 3.8) is 0 Å². The molecule has 0 heterocycles. The zero-order chi connectivity index (χ0) is 23.6. The van der Waals surface area contributed by atoms with Crippen molar-refractivity contribution in [1.82, 2.24) is 10.6 Å². The van der Waals surface area contributed by atoms with Gasteiger partial charge in [0, 0.05) is 24.6 Å². The molecule has 0 spiro atoms. The summed E-state index contributed by atoms with van der Waals surface area (Å²) in [5.74, 6) is -2.46. The quantitative estimate of drug-likeness (QED) is 0.0640. The standard InChI is InChI=1S/C14H23N7O10/c15-14(18-12(23)6-3-9-31-21(28)29)16-7-1-4-10(13(24)19-25)17-11(22)5-2-8-30-20(26)27/h10H,1-9H2,(H,17,22)(H3,15,16,18,23). The monoisotopic (exact) mass is 449 g/mol. The van der Waals surface area contributed by atoms with Gasteiger partial charge in [0.05, 0.1) is 13.2 Å². The lowest BCUT2D eigenvalue weighted by atomic mass is 10.1. The van der Waals surface area contributed by atoms with E-state index >= 15 is 0 Å². The van der Waals surface area contributed by atoms with Gasteiger partial charge in [-0.2, -0.15) is 0 Å². The molecule has 0 radical (unpaired) electrons. The van der Waals surface area contributed by atoms with Gasteiger partial charge in [-0.1, -0.05) is 0 Å². The van der Waals surface area contributed by atoms with Crippen molar-refractivity contribution < 1.29 is 34.2 Å².